The number of ether oxygens (including phenoxy) is 3. The van der Waals surface area contributed by atoms with E-state index in [1.54, 1.807) is 37.3 Å². The van der Waals surface area contributed by atoms with Crippen LogP contribution < -0.4 is 9.47 Å². The van der Waals surface area contributed by atoms with Gasteiger partial charge < -0.3 is 18.8 Å². The van der Waals surface area contributed by atoms with Crippen molar-refractivity contribution in [1.29, 1.82) is 0 Å². The molecule has 1 aromatic carbocycles. The molecule has 0 bridgehead atoms. The average Bonchev–Trinajstić information content (AvgIpc) is 2.94. The normalized spacial score (nSPS) is 18.0. The van der Waals surface area contributed by atoms with Gasteiger partial charge in [-0.05, 0) is 39.0 Å². The summed E-state index contributed by atoms with van der Waals surface area (Å²) in [7, 11) is 0. The summed E-state index contributed by atoms with van der Waals surface area (Å²) >= 11 is 0. The Kier molecular flexibility index (Phi) is 5.35. The van der Waals surface area contributed by atoms with Crippen LogP contribution in [0.5, 0.6) is 11.5 Å². The Hall–Kier alpha value is -3.02. The lowest BCUT2D eigenvalue weighted by Gasteiger charge is -2.30. The van der Waals surface area contributed by atoms with Gasteiger partial charge in [-0.3, -0.25) is 4.79 Å². The second-order valence-corrected chi connectivity index (χ2v) is 6.52. The van der Waals surface area contributed by atoms with Crippen LogP contribution in [-0.4, -0.2) is 35.1 Å². The van der Waals surface area contributed by atoms with Gasteiger partial charge in [-0.25, -0.2) is 4.79 Å². The second kappa shape index (κ2) is 7.70. The Bertz CT molecular complexity index is 883. The largest absolute Gasteiger partial charge is 0.482 e. The molecule has 6 heteroatoms. The van der Waals surface area contributed by atoms with Crippen molar-refractivity contribution >= 4 is 11.8 Å². The lowest BCUT2D eigenvalue weighted by Crippen LogP contribution is -2.44. The van der Waals surface area contributed by atoms with Crippen molar-refractivity contribution in [2.75, 3.05) is 6.61 Å². The molecule has 142 valence electrons. The molecular formula is C21H23NO5. The number of carbonyl (C=O) groups is 2. The number of ketones is 1. The fourth-order valence-corrected chi connectivity index (χ4v) is 3.17. The molecule has 0 fully saturated rings. The van der Waals surface area contributed by atoms with Crippen molar-refractivity contribution in [2.24, 2.45) is 0 Å². The van der Waals surface area contributed by atoms with E-state index in [9.17, 15) is 9.59 Å². The molecule has 0 amide bonds. The molecule has 2 atom stereocenters. The van der Waals surface area contributed by atoms with E-state index >= 15 is 0 Å². The van der Waals surface area contributed by atoms with Crippen molar-refractivity contribution in [3.8, 4) is 11.5 Å². The van der Waals surface area contributed by atoms with Crippen LogP contribution in [0, 0.1) is 13.8 Å². The summed E-state index contributed by atoms with van der Waals surface area (Å²) < 4.78 is 18.6. The SMILES string of the molecule is C=CCn1c(C)cc(C(=O)COC(=O)C2Oc3ccccc3OC2C)c1C. The highest BCUT2D eigenvalue weighted by atomic mass is 16.6. The van der Waals surface area contributed by atoms with E-state index in [1.165, 1.54) is 0 Å². The molecule has 1 aliphatic heterocycles. The lowest BCUT2D eigenvalue weighted by atomic mass is 10.1. The maximum absolute atomic E-state index is 12.5. The quantitative estimate of drug-likeness (QED) is 0.444. The number of hydrogen-bond donors (Lipinski definition) is 0. The number of fused-ring (bicyclic) bond motifs is 1. The average molecular weight is 369 g/mol. The Morgan fingerprint density at radius 3 is 2.56 bits per heavy atom. The summed E-state index contributed by atoms with van der Waals surface area (Å²) in [6.07, 6.45) is 0.342. The van der Waals surface area contributed by atoms with Gasteiger partial charge in [0.2, 0.25) is 11.9 Å². The van der Waals surface area contributed by atoms with Gasteiger partial charge >= 0.3 is 5.97 Å². The van der Waals surface area contributed by atoms with Gasteiger partial charge in [-0.15, -0.1) is 6.58 Å². The van der Waals surface area contributed by atoms with Gasteiger partial charge in [-0.2, -0.15) is 0 Å². The standard InChI is InChI=1S/C21H23NO5/c1-5-10-22-13(2)11-16(14(22)3)17(23)12-25-21(24)20-15(4)26-18-8-6-7-9-19(18)27-20/h5-9,11,15,20H,1,10,12H2,2-4H3. The summed E-state index contributed by atoms with van der Waals surface area (Å²) in [5.41, 5.74) is 2.32. The van der Waals surface area contributed by atoms with Gasteiger partial charge in [0.1, 0.15) is 6.10 Å². The zero-order valence-corrected chi connectivity index (χ0v) is 15.7. The van der Waals surface area contributed by atoms with E-state index < -0.39 is 18.2 Å². The molecule has 3 rings (SSSR count). The predicted molar refractivity (Wildman–Crippen MR) is 100 cm³/mol. The molecule has 27 heavy (non-hydrogen) atoms. The molecule has 0 radical (unpaired) electrons. The molecule has 0 spiro atoms. The zero-order chi connectivity index (χ0) is 19.6. The van der Waals surface area contributed by atoms with E-state index in [0.29, 0.717) is 23.6 Å². The molecule has 0 N–H and O–H groups in total. The first-order chi connectivity index (χ1) is 12.9. The molecule has 0 aliphatic carbocycles. The predicted octanol–water partition coefficient (Wildman–Crippen LogP) is 3.25. The van der Waals surface area contributed by atoms with Crippen molar-refractivity contribution in [3.63, 3.8) is 0 Å². The molecule has 2 aromatic rings. The minimum atomic E-state index is -0.916. The summed E-state index contributed by atoms with van der Waals surface area (Å²) in [4.78, 5) is 24.9. The first-order valence-corrected chi connectivity index (χ1v) is 8.82. The minimum Gasteiger partial charge on any atom is -0.482 e. The number of allylic oxidation sites excluding steroid dienone is 1. The highest BCUT2D eigenvalue weighted by Gasteiger charge is 2.35. The van der Waals surface area contributed by atoms with E-state index in [4.69, 9.17) is 14.2 Å². The third kappa shape index (κ3) is 3.74. The maximum atomic E-state index is 12.5. The van der Waals surface area contributed by atoms with Crippen LogP contribution in [0.15, 0.2) is 43.0 Å². The molecule has 1 aliphatic rings. The number of carbonyl (C=O) groups excluding carboxylic acids is 2. The fraction of sp³-hybridized carbons (Fsp3) is 0.333. The van der Waals surface area contributed by atoms with Crippen LogP contribution in [0.1, 0.15) is 28.7 Å². The Balaban J connectivity index is 1.65. The highest BCUT2D eigenvalue weighted by molar-refractivity contribution is 5.99. The summed E-state index contributed by atoms with van der Waals surface area (Å²) in [6.45, 7) is 9.52. The van der Waals surface area contributed by atoms with Gasteiger partial charge in [0.15, 0.2) is 18.1 Å². The van der Waals surface area contributed by atoms with Crippen LogP contribution in [0.25, 0.3) is 0 Å². The zero-order valence-electron chi connectivity index (χ0n) is 15.7. The van der Waals surface area contributed by atoms with Crippen molar-refractivity contribution < 1.29 is 23.8 Å². The number of para-hydroxylation sites is 2. The fourth-order valence-electron chi connectivity index (χ4n) is 3.17. The van der Waals surface area contributed by atoms with Crippen LogP contribution in [0.4, 0.5) is 0 Å². The van der Waals surface area contributed by atoms with E-state index in [0.717, 1.165) is 11.4 Å². The van der Waals surface area contributed by atoms with Crippen molar-refractivity contribution in [3.05, 3.63) is 59.9 Å². The summed E-state index contributed by atoms with van der Waals surface area (Å²) in [5.74, 6) is 0.193. The molecule has 0 saturated heterocycles. The smallest absolute Gasteiger partial charge is 0.351 e. The number of Topliss-reactive ketones (excluding diaryl/α,β-unsaturated/α-hetero) is 1. The van der Waals surface area contributed by atoms with Crippen LogP contribution in [-0.2, 0) is 16.1 Å². The lowest BCUT2D eigenvalue weighted by molar-refractivity contribution is -0.156. The third-order valence-corrected chi connectivity index (χ3v) is 4.61. The number of rotatable bonds is 6. The topological polar surface area (TPSA) is 66.8 Å². The first kappa shape index (κ1) is 18.8. The number of aryl methyl sites for hydroxylation is 1. The number of esters is 1. The van der Waals surface area contributed by atoms with Gasteiger partial charge in [0.05, 0.1) is 0 Å². The minimum absolute atomic E-state index is 0.253. The van der Waals surface area contributed by atoms with Gasteiger partial charge in [0, 0.05) is 23.5 Å². The highest BCUT2D eigenvalue weighted by Crippen LogP contribution is 2.33. The monoisotopic (exact) mass is 369 g/mol. The molecule has 2 heterocycles. The molecule has 0 saturated carbocycles. The summed E-state index contributed by atoms with van der Waals surface area (Å²) in [5, 5.41) is 0. The van der Waals surface area contributed by atoms with Crippen LogP contribution >= 0.6 is 0 Å². The molecule has 6 nitrogen and oxygen atoms in total. The van der Waals surface area contributed by atoms with E-state index in [2.05, 4.69) is 6.58 Å². The van der Waals surface area contributed by atoms with Crippen LogP contribution in [0.3, 0.4) is 0 Å². The van der Waals surface area contributed by atoms with E-state index in [1.807, 2.05) is 24.5 Å². The summed E-state index contributed by atoms with van der Waals surface area (Å²) in [6, 6.07) is 8.92. The number of nitrogens with zero attached hydrogens (tertiary/aromatic N) is 1. The number of benzene rings is 1. The maximum Gasteiger partial charge on any atom is 0.351 e. The molecular weight excluding hydrogens is 346 g/mol. The third-order valence-electron chi connectivity index (χ3n) is 4.61. The van der Waals surface area contributed by atoms with Gasteiger partial charge in [0.25, 0.3) is 0 Å². The Morgan fingerprint density at radius 1 is 1.22 bits per heavy atom. The van der Waals surface area contributed by atoms with E-state index in [-0.39, 0.29) is 12.4 Å². The Morgan fingerprint density at radius 2 is 1.89 bits per heavy atom. The number of hydrogen-bond acceptors (Lipinski definition) is 5. The second-order valence-electron chi connectivity index (χ2n) is 6.52. The first-order valence-electron chi connectivity index (χ1n) is 8.82. The number of aromatic nitrogens is 1. The van der Waals surface area contributed by atoms with Crippen molar-refractivity contribution in [1.82, 2.24) is 4.57 Å². The van der Waals surface area contributed by atoms with Crippen molar-refractivity contribution in [2.45, 2.75) is 39.5 Å². The van der Waals surface area contributed by atoms with Crippen LogP contribution in [0.2, 0.25) is 0 Å². The molecule has 1 aromatic heterocycles. The van der Waals surface area contributed by atoms with Gasteiger partial charge in [-0.1, -0.05) is 18.2 Å². The Labute approximate surface area is 158 Å². The molecule has 2 unspecified atom stereocenters.